The van der Waals surface area contributed by atoms with Crippen LogP contribution in [0.25, 0.3) is 0 Å². The topological polar surface area (TPSA) is 21.3 Å². The second kappa shape index (κ2) is 3.79. The first-order valence-electron chi connectivity index (χ1n) is 5.20. The van der Waals surface area contributed by atoms with Crippen LogP contribution in [-0.2, 0) is 4.74 Å². The number of nitrogens with one attached hydrogen (secondary N) is 1. The van der Waals surface area contributed by atoms with E-state index in [4.69, 9.17) is 4.74 Å². The van der Waals surface area contributed by atoms with Gasteiger partial charge < -0.3 is 10.1 Å². The summed E-state index contributed by atoms with van der Waals surface area (Å²) in [5.41, 5.74) is 0. The van der Waals surface area contributed by atoms with Gasteiger partial charge in [0, 0.05) is 18.9 Å². The summed E-state index contributed by atoms with van der Waals surface area (Å²) >= 11 is 2.13. The third kappa shape index (κ3) is 2.03. The van der Waals surface area contributed by atoms with Gasteiger partial charge >= 0.3 is 0 Å². The van der Waals surface area contributed by atoms with E-state index in [0.717, 1.165) is 5.25 Å². The standard InChI is InChI=1S/C10H19NOS/c1-8-7-11-10(13-8)5-3-9(12-2)4-6-10/h8-9,11H,3-7H2,1-2H3. The van der Waals surface area contributed by atoms with E-state index in [9.17, 15) is 0 Å². The molecule has 1 atom stereocenters. The molecule has 0 bridgehead atoms. The lowest BCUT2D eigenvalue weighted by Crippen LogP contribution is -2.42. The van der Waals surface area contributed by atoms with E-state index in [-0.39, 0.29) is 0 Å². The van der Waals surface area contributed by atoms with Gasteiger partial charge in [0.2, 0.25) is 0 Å². The van der Waals surface area contributed by atoms with Gasteiger partial charge in [0.1, 0.15) is 0 Å². The number of hydrogen-bond donors (Lipinski definition) is 1. The zero-order valence-electron chi connectivity index (χ0n) is 8.51. The first-order chi connectivity index (χ1) is 6.24. The highest BCUT2D eigenvalue weighted by molar-refractivity contribution is 8.01. The third-order valence-corrected chi connectivity index (χ3v) is 4.78. The number of thioether (sulfide) groups is 1. The van der Waals surface area contributed by atoms with E-state index in [1.165, 1.54) is 32.2 Å². The van der Waals surface area contributed by atoms with Gasteiger partial charge in [-0.15, -0.1) is 11.8 Å². The van der Waals surface area contributed by atoms with Crippen LogP contribution in [0.4, 0.5) is 0 Å². The molecule has 0 aromatic rings. The maximum Gasteiger partial charge on any atom is 0.0650 e. The molecule has 0 aromatic heterocycles. The molecule has 2 nitrogen and oxygen atoms in total. The molecule has 2 aliphatic rings. The quantitative estimate of drug-likeness (QED) is 0.701. The minimum Gasteiger partial charge on any atom is -0.381 e. The molecule has 0 amide bonds. The molecule has 1 saturated carbocycles. The molecule has 1 aliphatic carbocycles. The number of methoxy groups -OCH3 is 1. The van der Waals surface area contributed by atoms with Gasteiger partial charge in [0.05, 0.1) is 11.0 Å². The van der Waals surface area contributed by atoms with Crippen molar-refractivity contribution in [2.24, 2.45) is 0 Å². The molecule has 1 N–H and O–H groups in total. The lowest BCUT2D eigenvalue weighted by molar-refractivity contribution is 0.0592. The molecule has 1 unspecified atom stereocenters. The Morgan fingerprint density at radius 1 is 1.38 bits per heavy atom. The van der Waals surface area contributed by atoms with E-state index in [1.807, 2.05) is 7.11 Å². The third-order valence-electron chi connectivity index (χ3n) is 3.21. The monoisotopic (exact) mass is 201 g/mol. The van der Waals surface area contributed by atoms with Crippen molar-refractivity contribution in [1.29, 1.82) is 0 Å². The highest BCUT2D eigenvalue weighted by Crippen LogP contribution is 2.43. The van der Waals surface area contributed by atoms with Crippen LogP contribution in [0.15, 0.2) is 0 Å². The fraction of sp³-hybridized carbons (Fsp3) is 1.00. The van der Waals surface area contributed by atoms with Gasteiger partial charge in [-0.3, -0.25) is 0 Å². The average molecular weight is 201 g/mol. The maximum atomic E-state index is 5.38. The minimum absolute atomic E-state index is 0.411. The van der Waals surface area contributed by atoms with Crippen LogP contribution in [0.2, 0.25) is 0 Å². The summed E-state index contributed by atoms with van der Waals surface area (Å²) in [4.78, 5) is 0.411. The number of ether oxygens (including phenoxy) is 1. The second-order valence-corrected chi connectivity index (χ2v) is 6.06. The van der Waals surface area contributed by atoms with Crippen LogP contribution < -0.4 is 5.32 Å². The molecular weight excluding hydrogens is 182 g/mol. The van der Waals surface area contributed by atoms with Crippen molar-refractivity contribution in [3.8, 4) is 0 Å². The molecule has 1 aliphatic heterocycles. The SMILES string of the molecule is COC1CCC2(CC1)NCC(C)S2. The molecule has 1 heterocycles. The van der Waals surface area contributed by atoms with Crippen LogP contribution in [0.5, 0.6) is 0 Å². The fourth-order valence-corrected chi connectivity index (χ4v) is 3.96. The van der Waals surface area contributed by atoms with E-state index < -0.39 is 0 Å². The number of hydrogen-bond acceptors (Lipinski definition) is 3. The molecule has 0 aromatic carbocycles. The van der Waals surface area contributed by atoms with Crippen molar-refractivity contribution in [1.82, 2.24) is 5.32 Å². The minimum atomic E-state index is 0.411. The first kappa shape index (κ1) is 9.81. The fourth-order valence-electron chi connectivity index (χ4n) is 2.39. The van der Waals surface area contributed by atoms with Crippen LogP contribution in [-0.4, -0.2) is 29.9 Å². The van der Waals surface area contributed by atoms with Gasteiger partial charge in [0.25, 0.3) is 0 Å². The van der Waals surface area contributed by atoms with Gasteiger partial charge in [-0.25, -0.2) is 0 Å². The molecular formula is C10H19NOS. The lowest BCUT2D eigenvalue weighted by Gasteiger charge is -2.36. The Labute approximate surface area is 84.8 Å². The Hall–Kier alpha value is 0.270. The largest absolute Gasteiger partial charge is 0.381 e. The molecule has 13 heavy (non-hydrogen) atoms. The van der Waals surface area contributed by atoms with Gasteiger partial charge in [-0.1, -0.05) is 6.92 Å². The van der Waals surface area contributed by atoms with Gasteiger partial charge in [0.15, 0.2) is 0 Å². The van der Waals surface area contributed by atoms with Crippen LogP contribution >= 0.6 is 11.8 Å². The molecule has 2 rings (SSSR count). The highest BCUT2D eigenvalue weighted by atomic mass is 32.2. The number of rotatable bonds is 1. The van der Waals surface area contributed by atoms with E-state index in [0.29, 0.717) is 11.0 Å². The van der Waals surface area contributed by atoms with Crippen molar-refractivity contribution in [2.75, 3.05) is 13.7 Å². The molecule has 2 fully saturated rings. The summed E-state index contributed by atoms with van der Waals surface area (Å²) in [6.45, 7) is 3.50. The van der Waals surface area contributed by atoms with E-state index in [2.05, 4.69) is 24.0 Å². The molecule has 1 spiro atoms. The Balaban J connectivity index is 1.90. The molecule has 1 saturated heterocycles. The molecule has 3 heteroatoms. The summed E-state index contributed by atoms with van der Waals surface area (Å²) in [6.07, 6.45) is 5.52. The van der Waals surface area contributed by atoms with E-state index in [1.54, 1.807) is 0 Å². The van der Waals surface area contributed by atoms with Crippen molar-refractivity contribution < 1.29 is 4.74 Å². The zero-order chi connectivity index (χ0) is 9.31. The average Bonchev–Trinajstić information content (AvgIpc) is 2.49. The molecule has 76 valence electrons. The summed E-state index contributed by atoms with van der Waals surface area (Å²) in [5, 5.41) is 4.46. The highest BCUT2D eigenvalue weighted by Gasteiger charge is 2.40. The molecule has 0 radical (unpaired) electrons. The summed E-state index contributed by atoms with van der Waals surface area (Å²) in [6, 6.07) is 0. The Morgan fingerprint density at radius 2 is 2.08 bits per heavy atom. The van der Waals surface area contributed by atoms with Crippen molar-refractivity contribution in [3.05, 3.63) is 0 Å². The maximum absolute atomic E-state index is 5.38. The summed E-state index contributed by atoms with van der Waals surface area (Å²) in [7, 11) is 1.83. The lowest BCUT2D eigenvalue weighted by atomic mass is 9.92. The predicted molar refractivity (Wildman–Crippen MR) is 57.1 cm³/mol. The second-order valence-electron chi connectivity index (χ2n) is 4.24. The zero-order valence-corrected chi connectivity index (χ0v) is 9.32. The summed E-state index contributed by atoms with van der Waals surface area (Å²) < 4.78 is 5.38. The van der Waals surface area contributed by atoms with E-state index >= 15 is 0 Å². The van der Waals surface area contributed by atoms with Crippen LogP contribution in [0, 0.1) is 0 Å². The van der Waals surface area contributed by atoms with Gasteiger partial charge in [-0.05, 0) is 25.7 Å². The Kier molecular flexibility index (Phi) is 2.86. The van der Waals surface area contributed by atoms with Crippen LogP contribution in [0.3, 0.4) is 0 Å². The normalized spacial score (nSPS) is 45.7. The smallest absolute Gasteiger partial charge is 0.0650 e. The van der Waals surface area contributed by atoms with Gasteiger partial charge in [-0.2, -0.15) is 0 Å². The Morgan fingerprint density at radius 3 is 2.54 bits per heavy atom. The van der Waals surface area contributed by atoms with Crippen molar-refractivity contribution >= 4 is 11.8 Å². The summed E-state index contributed by atoms with van der Waals surface area (Å²) in [5.74, 6) is 0. The van der Waals surface area contributed by atoms with Crippen molar-refractivity contribution in [2.45, 2.75) is 48.8 Å². The van der Waals surface area contributed by atoms with Crippen LogP contribution in [0.1, 0.15) is 32.6 Å². The predicted octanol–water partition coefficient (Wildman–Crippen LogP) is 2.00. The van der Waals surface area contributed by atoms with Crippen molar-refractivity contribution in [3.63, 3.8) is 0 Å². The first-order valence-corrected chi connectivity index (χ1v) is 6.08. The Bertz CT molecular complexity index is 178.